The Labute approximate surface area is 169 Å². The molecular formula is C19H21ClFN3O3S. The van der Waals surface area contributed by atoms with Crippen molar-refractivity contribution in [1.29, 1.82) is 0 Å². The summed E-state index contributed by atoms with van der Waals surface area (Å²) in [5.74, 6) is -0.947. The van der Waals surface area contributed by atoms with Crippen LogP contribution in [0.4, 0.5) is 10.1 Å². The van der Waals surface area contributed by atoms with E-state index < -0.39 is 21.9 Å². The van der Waals surface area contributed by atoms with Crippen molar-refractivity contribution in [1.82, 2.24) is 8.61 Å². The van der Waals surface area contributed by atoms with E-state index in [1.54, 1.807) is 43.3 Å². The molecule has 1 amide bonds. The van der Waals surface area contributed by atoms with Gasteiger partial charge < -0.3 is 5.32 Å². The number of halogens is 2. The zero-order chi connectivity index (χ0) is 20.3. The van der Waals surface area contributed by atoms with Crippen LogP contribution in [0.25, 0.3) is 0 Å². The van der Waals surface area contributed by atoms with Crippen molar-refractivity contribution >= 4 is 33.4 Å². The van der Waals surface area contributed by atoms with Crippen molar-refractivity contribution in [2.75, 3.05) is 25.0 Å². The van der Waals surface area contributed by atoms with E-state index in [1.807, 2.05) is 0 Å². The number of nitrogens with one attached hydrogen (secondary N) is 1. The molecule has 1 heterocycles. The van der Waals surface area contributed by atoms with Crippen LogP contribution in [0.2, 0.25) is 5.02 Å². The summed E-state index contributed by atoms with van der Waals surface area (Å²) in [4.78, 5) is 12.3. The number of amides is 1. The first kappa shape index (κ1) is 20.7. The van der Waals surface area contributed by atoms with E-state index in [-0.39, 0.29) is 19.6 Å². The third-order valence-corrected chi connectivity index (χ3v) is 6.70. The van der Waals surface area contributed by atoms with Gasteiger partial charge >= 0.3 is 0 Å². The van der Waals surface area contributed by atoms with Crippen LogP contribution in [0.5, 0.6) is 0 Å². The van der Waals surface area contributed by atoms with Crippen LogP contribution in [-0.4, -0.2) is 42.6 Å². The quantitative estimate of drug-likeness (QED) is 0.799. The molecule has 28 heavy (non-hydrogen) atoms. The van der Waals surface area contributed by atoms with Gasteiger partial charge in [-0.1, -0.05) is 29.8 Å². The van der Waals surface area contributed by atoms with Gasteiger partial charge in [-0.05, 0) is 48.7 Å². The lowest BCUT2D eigenvalue weighted by Gasteiger charge is -2.34. The second-order valence-corrected chi connectivity index (χ2v) is 9.03. The summed E-state index contributed by atoms with van der Waals surface area (Å²) in [6.45, 7) is 2.15. The van der Waals surface area contributed by atoms with Crippen LogP contribution in [-0.2, 0) is 21.5 Å². The minimum absolute atomic E-state index is 0.209. The van der Waals surface area contributed by atoms with Crippen molar-refractivity contribution in [2.45, 2.75) is 19.9 Å². The number of anilines is 1. The second kappa shape index (κ2) is 8.57. The van der Waals surface area contributed by atoms with Crippen molar-refractivity contribution < 1.29 is 17.6 Å². The van der Waals surface area contributed by atoms with Gasteiger partial charge in [0.15, 0.2) is 0 Å². The summed E-state index contributed by atoms with van der Waals surface area (Å²) in [7, 11) is -3.78. The molecule has 0 aliphatic carbocycles. The first-order valence-electron chi connectivity index (χ1n) is 8.81. The third kappa shape index (κ3) is 4.88. The van der Waals surface area contributed by atoms with E-state index in [4.69, 9.17) is 11.6 Å². The van der Waals surface area contributed by atoms with E-state index in [2.05, 4.69) is 5.32 Å². The topological polar surface area (TPSA) is 69.7 Å². The Morgan fingerprint density at radius 2 is 1.82 bits per heavy atom. The van der Waals surface area contributed by atoms with Crippen molar-refractivity contribution in [3.8, 4) is 0 Å². The molecule has 2 aromatic rings. The standard InChI is InChI=1S/C19H21ClFN3O3S/c1-14-3-8-17(11-18(14)21)22-19(25)13-24-10-2-9-23(28(24,26)27)12-15-4-6-16(20)7-5-15/h3-8,11H,2,9-10,12-13H2,1H3,(H,22,25). The average molecular weight is 426 g/mol. The predicted molar refractivity (Wildman–Crippen MR) is 107 cm³/mol. The lowest BCUT2D eigenvalue weighted by Crippen LogP contribution is -2.51. The van der Waals surface area contributed by atoms with E-state index >= 15 is 0 Å². The Bertz CT molecular complexity index is 967. The molecule has 0 unspecified atom stereocenters. The SMILES string of the molecule is Cc1ccc(NC(=O)CN2CCCN(Cc3ccc(Cl)cc3)S2(=O)=O)cc1F. The monoisotopic (exact) mass is 425 g/mol. The molecule has 150 valence electrons. The van der Waals surface area contributed by atoms with Gasteiger partial charge in [0.05, 0.1) is 6.54 Å². The maximum atomic E-state index is 13.6. The Hall–Kier alpha value is -2.00. The number of aryl methyl sites for hydroxylation is 1. The van der Waals surface area contributed by atoms with E-state index in [1.165, 1.54) is 10.4 Å². The molecule has 0 radical (unpaired) electrons. The first-order chi connectivity index (χ1) is 13.3. The summed E-state index contributed by atoms with van der Waals surface area (Å²) >= 11 is 5.87. The third-order valence-electron chi connectivity index (χ3n) is 4.52. The fourth-order valence-electron chi connectivity index (χ4n) is 2.96. The van der Waals surface area contributed by atoms with Gasteiger partial charge in [0.2, 0.25) is 5.91 Å². The summed E-state index contributed by atoms with van der Waals surface area (Å²) in [5.41, 5.74) is 1.57. The normalized spacial score (nSPS) is 17.4. The number of carbonyl (C=O) groups excluding carboxylic acids is 1. The molecule has 2 aromatic carbocycles. The Kier molecular flexibility index (Phi) is 6.34. The Morgan fingerprint density at radius 3 is 2.50 bits per heavy atom. The second-order valence-electron chi connectivity index (χ2n) is 6.67. The molecule has 3 rings (SSSR count). The van der Waals surface area contributed by atoms with Crippen molar-refractivity contribution in [3.05, 3.63) is 64.4 Å². The summed E-state index contributed by atoms with van der Waals surface area (Å²) in [5, 5.41) is 3.13. The average Bonchev–Trinajstić information content (AvgIpc) is 2.63. The van der Waals surface area contributed by atoms with Gasteiger partial charge in [-0.25, -0.2) is 4.39 Å². The molecule has 1 saturated heterocycles. The molecule has 1 fully saturated rings. The highest BCUT2D eigenvalue weighted by molar-refractivity contribution is 7.86. The summed E-state index contributed by atoms with van der Waals surface area (Å²) in [6.07, 6.45) is 0.610. The highest BCUT2D eigenvalue weighted by atomic mass is 35.5. The van der Waals surface area contributed by atoms with Gasteiger partial charge in [0.25, 0.3) is 10.2 Å². The zero-order valence-corrected chi connectivity index (χ0v) is 16.9. The van der Waals surface area contributed by atoms with Gasteiger partial charge in [-0.2, -0.15) is 17.0 Å². The lowest BCUT2D eigenvalue weighted by molar-refractivity contribution is -0.116. The molecule has 0 bridgehead atoms. The molecule has 0 spiro atoms. The lowest BCUT2D eigenvalue weighted by atomic mass is 10.2. The van der Waals surface area contributed by atoms with Gasteiger partial charge in [-0.3, -0.25) is 4.79 Å². The maximum absolute atomic E-state index is 13.6. The minimum Gasteiger partial charge on any atom is -0.325 e. The van der Waals surface area contributed by atoms with Crippen LogP contribution in [0, 0.1) is 12.7 Å². The number of hydrogen-bond acceptors (Lipinski definition) is 3. The van der Waals surface area contributed by atoms with Crippen LogP contribution < -0.4 is 5.32 Å². The zero-order valence-electron chi connectivity index (χ0n) is 15.4. The smallest absolute Gasteiger partial charge is 0.282 e. The van der Waals surface area contributed by atoms with Crippen LogP contribution >= 0.6 is 11.6 Å². The molecular weight excluding hydrogens is 405 g/mol. The fourth-order valence-corrected chi connectivity index (χ4v) is 4.73. The van der Waals surface area contributed by atoms with Gasteiger partial charge in [0, 0.05) is 30.3 Å². The molecule has 6 nitrogen and oxygen atoms in total. The Morgan fingerprint density at radius 1 is 1.14 bits per heavy atom. The van der Waals surface area contributed by atoms with Gasteiger partial charge in [0.1, 0.15) is 5.82 Å². The van der Waals surface area contributed by atoms with Crippen LogP contribution in [0.3, 0.4) is 0 Å². The molecule has 9 heteroatoms. The molecule has 0 aromatic heterocycles. The largest absolute Gasteiger partial charge is 0.325 e. The highest BCUT2D eigenvalue weighted by Crippen LogP contribution is 2.21. The van der Waals surface area contributed by atoms with Gasteiger partial charge in [-0.15, -0.1) is 0 Å². The minimum atomic E-state index is -3.78. The maximum Gasteiger partial charge on any atom is 0.282 e. The number of rotatable bonds is 5. The Balaban J connectivity index is 1.66. The molecule has 1 aliphatic heterocycles. The van der Waals surface area contributed by atoms with Crippen LogP contribution in [0.1, 0.15) is 17.5 Å². The van der Waals surface area contributed by atoms with E-state index in [9.17, 15) is 17.6 Å². The summed E-state index contributed by atoms with van der Waals surface area (Å²) in [6, 6.07) is 11.3. The van der Waals surface area contributed by atoms with Crippen LogP contribution in [0.15, 0.2) is 42.5 Å². The van der Waals surface area contributed by atoms with E-state index in [0.717, 1.165) is 9.87 Å². The van der Waals surface area contributed by atoms with Crippen molar-refractivity contribution in [2.24, 2.45) is 0 Å². The van der Waals surface area contributed by atoms with E-state index in [0.29, 0.717) is 29.2 Å². The predicted octanol–water partition coefficient (Wildman–Crippen LogP) is 3.18. The molecule has 1 aliphatic rings. The molecule has 0 saturated carbocycles. The summed E-state index contributed by atoms with van der Waals surface area (Å²) < 4.78 is 41.8. The first-order valence-corrected chi connectivity index (χ1v) is 10.6. The number of benzene rings is 2. The fraction of sp³-hybridized carbons (Fsp3) is 0.316. The number of carbonyl (C=O) groups is 1. The molecule has 1 N–H and O–H groups in total. The number of nitrogens with zero attached hydrogens (tertiary/aromatic N) is 2. The van der Waals surface area contributed by atoms with Crippen molar-refractivity contribution in [3.63, 3.8) is 0 Å². The molecule has 0 atom stereocenters. The highest BCUT2D eigenvalue weighted by Gasteiger charge is 2.34. The number of hydrogen-bond donors (Lipinski definition) is 1.